The summed E-state index contributed by atoms with van der Waals surface area (Å²) in [5.41, 5.74) is 2.77. The fourth-order valence-electron chi connectivity index (χ4n) is 4.33. The smallest absolute Gasteiger partial charge is 0.290 e. The van der Waals surface area contributed by atoms with Crippen LogP contribution in [0.1, 0.15) is 54.1 Å². The Morgan fingerprint density at radius 2 is 1.84 bits per heavy atom. The first-order chi connectivity index (χ1) is 15.0. The van der Waals surface area contributed by atoms with Crippen molar-refractivity contribution in [1.29, 1.82) is 0 Å². The molecule has 0 saturated carbocycles. The van der Waals surface area contributed by atoms with Gasteiger partial charge in [-0.25, -0.2) is 0 Å². The first-order valence-electron chi connectivity index (χ1n) is 10.9. The van der Waals surface area contributed by atoms with E-state index in [1.54, 1.807) is 11.0 Å². The van der Waals surface area contributed by atoms with Crippen LogP contribution < -0.4 is 5.43 Å². The summed E-state index contributed by atoms with van der Waals surface area (Å²) in [5, 5.41) is 0.538. The Morgan fingerprint density at radius 3 is 2.52 bits per heavy atom. The van der Waals surface area contributed by atoms with Crippen molar-refractivity contribution in [3.63, 3.8) is 0 Å². The second-order valence-electron chi connectivity index (χ2n) is 7.84. The van der Waals surface area contributed by atoms with Crippen LogP contribution in [0.15, 0.2) is 56.1 Å². The highest BCUT2D eigenvalue weighted by Gasteiger charge is 2.42. The molecule has 5 nitrogen and oxygen atoms in total. The number of hydrogen-bond acceptors (Lipinski definition) is 4. The third kappa shape index (κ3) is 3.94. The number of rotatable bonds is 7. The van der Waals surface area contributed by atoms with E-state index in [9.17, 15) is 9.59 Å². The number of aryl methyl sites for hydroxylation is 1. The molecule has 1 aliphatic rings. The Balaban J connectivity index is 1.89. The molecule has 1 unspecified atom stereocenters. The van der Waals surface area contributed by atoms with Gasteiger partial charge in [0.05, 0.1) is 17.0 Å². The van der Waals surface area contributed by atoms with Gasteiger partial charge in [0, 0.05) is 17.6 Å². The van der Waals surface area contributed by atoms with E-state index in [1.807, 2.05) is 36.4 Å². The molecular weight excluding hydrogens is 456 g/mol. The van der Waals surface area contributed by atoms with E-state index in [-0.39, 0.29) is 17.1 Å². The lowest BCUT2D eigenvalue weighted by atomic mass is 9.98. The summed E-state index contributed by atoms with van der Waals surface area (Å²) in [6.45, 7) is 9.36. The summed E-state index contributed by atoms with van der Waals surface area (Å²) >= 11 is 3.53. The highest BCUT2D eigenvalue weighted by molar-refractivity contribution is 9.10. The molecule has 31 heavy (non-hydrogen) atoms. The number of halogens is 1. The third-order valence-electron chi connectivity index (χ3n) is 6.15. The normalized spacial score (nSPS) is 15.8. The second kappa shape index (κ2) is 8.97. The van der Waals surface area contributed by atoms with Crippen molar-refractivity contribution in [1.82, 2.24) is 9.80 Å². The van der Waals surface area contributed by atoms with Gasteiger partial charge in [-0.15, -0.1) is 0 Å². The molecule has 3 aromatic rings. The zero-order chi connectivity index (χ0) is 22.1. The number of nitrogens with zero attached hydrogens (tertiary/aromatic N) is 2. The lowest BCUT2D eigenvalue weighted by Crippen LogP contribution is -2.37. The summed E-state index contributed by atoms with van der Waals surface area (Å²) in [6.07, 6.45) is 0.830. The highest BCUT2D eigenvalue weighted by Crippen LogP contribution is 2.38. The molecule has 0 radical (unpaired) electrons. The van der Waals surface area contributed by atoms with Gasteiger partial charge in [-0.2, -0.15) is 0 Å². The summed E-state index contributed by atoms with van der Waals surface area (Å²) < 4.78 is 6.96. The maximum atomic E-state index is 13.6. The fourth-order valence-corrected chi connectivity index (χ4v) is 4.75. The van der Waals surface area contributed by atoms with Crippen molar-refractivity contribution >= 4 is 32.8 Å². The Morgan fingerprint density at radius 1 is 1.06 bits per heavy atom. The minimum atomic E-state index is -0.457. The van der Waals surface area contributed by atoms with Crippen LogP contribution in [0.5, 0.6) is 0 Å². The molecule has 1 aromatic heterocycles. The quantitative estimate of drug-likeness (QED) is 0.475. The predicted molar refractivity (Wildman–Crippen MR) is 127 cm³/mol. The maximum absolute atomic E-state index is 13.6. The zero-order valence-corrected chi connectivity index (χ0v) is 19.7. The number of amides is 1. The van der Waals surface area contributed by atoms with Gasteiger partial charge >= 0.3 is 0 Å². The van der Waals surface area contributed by atoms with Crippen molar-refractivity contribution in [2.75, 3.05) is 26.2 Å². The Kier molecular flexibility index (Phi) is 6.30. The molecule has 1 aliphatic heterocycles. The minimum Gasteiger partial charge on any atom is -0.450 e. The number of carbonyl (C=O) groups excluding carboxylic acids is 1. The van der Waals surface area contributed by atoms with Crippen molar-refractivity contribution in [3.05, 3.63) is 79.6 Å². The number of benzene rings is 2. The van der Waals surface area contributed by atoms with Crippen molar-refractivity contribution in [3.8, 4) is 0 Å². The summed E-state index contributed by atoms with van der Waals surface area (Å²) in [5.74, 6) is -0.0445. The van der Waals surface area contributed by atoms with Gasteiger partial charge < -0.3 is 14.2 Å². The highest BCUT2D eigenvalue weighted by atomic mass is 79.9. The largest absolute Gasteiger partial charge is 0.450 e. The molecule has 162 valence electrons. The number of likely N-dealkylation sites (N-methyl/N-ethyl adjacent to an activating group) is 1. The first kappa shape index (κ1) is 21.8. The fraction of sp³-hybridized carbons (Fsp3) is 0.360. The molecule has 0 saturated heterocycles. The van der Waals surface area contributed by atoms with Crippen LogP contribution in [-0.2, 0) is 6.42 Å². The van der Waals surface area contributed by atoms with E-state index in [4.69, 9.17) is 4.42 Å². The monoisotopic (exact) mass is 482 g/mol. The van der Waals surface area contributed by atoms with Crippen LogP contribution in [0.4, 0.5) is 0 Å². The molecule has 0 fully saturated rings. The van der Waals surface area contributed by atoms with Crippen LogP contribution in [-0.4, -0.2) is 41.9 Å². The SMILES string of the molecule is CCc1ccc2oc3c(c(=O)c2c1)C(c1cccc(Br)c1)N(CCN(CC)CC)C3=O. The van der Waals surface area contributed by atoms with Gasteiger partial charge in [-0.1, -0.05) is 54.9 Å². The van der Waals surface area contributed by atoms with Gasteiger partial charge in [0.2, 0.25) is 5.76 Å². The standard InChI is InChI=1S/C25H27BrN2O3/c1-4-16-10-11-20-19(14-16)23(29)21-22(17-8-7-9-18(26)15-17)28(25(30)24(21)31-20)13-12-27(5-2)6-3/h7-11,14-15,22H,4-6,12-13H2,1-3H3. The van der Waals surface area contributed by atoms with E-state index in [0.717, 1.165) is 41.7 Å². The third-order valence-corrected chi connectivity index (χ3v) is 6.65. The van der Waals surface area contributed by atoms with Crippen molar-refractivity contribution in [2.45, 2.75) is 33.2 Å². The minimum absolute atomic E-state index is 0.116. The number of hydrogen-bond donors (Lipinski definition) is 0. The number of fused-ring (bicyclic) bond motifs is 2. The molecular formula is C25H27BrN2O3. The predicted octanol–water partition coefficient (Wildman–Crippen LogP) is 5.00. The first-order valence-corrected chi connectivity index (χ1v) is 11.7. The lowest BCUT2D eigenvalue weighted by molar-refractivity contribution is 0.0708. The van der Waals surface area contributed by atoms with E-state index in [2.05, 4.69) is 41.6 Å². The zero-order valence-electron chi connectivity index (χ0n) is 18.2. The molecule has 0 N–H and O–H groups in total. The molecule has 2 aromatic carbocycles. The molecule has 4 rings (SSSR count). The Bertz CT molecular complexity index is 1180. The van der Waals surface area contributed by atoms with Gasteiger partial charge in [-0.05, 0) is 54.9 Å². The molecule has 1 atom stereocenters. The Hall–Kier alpha value is -2.44. The Labute approximate surface area is 190 Å². The summed E-state index contributed by atoms with van der Waals surface area (Å²) in [4.78, 5) is 31.1. The molecule has 0 aliphatic carbocycles. The van der Waals surface area contributed by atoms with Gasteiger partial charge in [0.15, 0.2) is 5.43 Å². The average molecular weight is 483 g/mol. The number of carbonyl (C=O) groups is 1. The molecule has 0 bridgehead atoms. The van der Waals surface area contributed by atoms with Crippen LogP contribution >= 0.6 is 15.9 Å². The van der Waals surface area contributed by atoms with Crippen molar-refractivity contribution < 1.29 is 9.21 Å². The average Bonchev–Trinajstić information content (AvgIpc) is 3.06. The van der Waals surface area contributed by atoms with Gasteiger partial charge in [0.1, 0.15) is 5.58 Å². The van der Waals surface area contributed by atoms with E-state index in [1.165, 1.54) is 0 Å². The molecule has 0 spiro atoms. The lowest BCUT2D eigenvalue weighted by Gasteiger charge is -2.28. The summed E-state index contributed by atoms with van der Waals surface area (Å²) in [6, 6.07) is 13.0. The van der Waals surface area contributed by atoms with Gasteiger partial charge in [-0.3, -0.25) is 9.59 Å². The van der Waals surface area contributed by atoms with Crippen molar-refractivity contribution in [2.24, 2.45) is 0 Å². The molecule has 6 heteroatoms. The van der Waals surface area contributed by atoms with Gasteiger partial charge in [0.25, 0.3) is 5.91 Å². The van der Waals surface area contributed by atoms with E-state index < -0.39 is 6.04 Å². The summed E-state index contributed by atoms with van der Waals surface area (Å²) in [7, 11) is 0. The van der Waals surface area contributed by atoms with Crippen LogP contribution in [0.3, 0.4) is 0 Å². The topological polar surface area (TPSA) is 53.8 Å². The van der Waals surface area contributed by atoms with E-state index >= 15 is 0 Å². The second-order valence-corrected chi connectivity index (χ2v) is 8.76. The molecule has 1 amide bonds. The van der Waals surface area contributed by atoms with Crippen LogP contribution in [0.2, 0.25) is 0 Å². The maximum Gasteiger partial charge on any atom is 0.290 e. The van der Waals surface area contributed by atoms with Crippen LogP contribution in [0.25, 0.3) is 11.0 Å². The van der Waals surface area contributed by atoms with E-state index in [0.29, 0.717) is 23.1 Å². The van der Waals surface area contributed by atoms with Crippen LogP contribution in [0, 0.1) is 0 Å². The molecule has 2 heterocycles.